The van der Waals surface area contributed by atoms with Gasteiger partial charge in [0.1, 0.15) is 0 Å². The van der Waals surface area contributed by atoms with Crippen LogP contribution in [0.15, 0.2) is 23.3 Å². The third-order valence-corrected chi connectivity index (χ3v) is 2.50. The van der Waals surface area contributed by atoms with Crippen LogP contribution in [0.1, 0.15) is 6.92 Å². The van der Waals surface area contributed by atoms with Gasteiger partial charge in [0.25, 0.3) is 23.6 Å². The van der Waals surface area contributed by atoms with Crippen LogP contribution in [0.3, 0.4) is 0 Å². The second kappa shape index (κ2) is 3.41. The van der Waals surface area contributed by atoms with Crippen LogP contribution in [0, 0.1) is 5.92 Å². The second-order valence-corrected chi connectivity index (χ2v) is 3.56. The summed E-state index contributed by atoms with van der Waals surface area (Å²) in [6.07, 6.45) is 2.29. The molecule has 6 heteroatoms. The lowest BCUT2D eigenvalue weighted by atomic mass is 9.93. The molecule has 0 aromatic heterocycles. The largest absolute Gasteiger partial charge is 0.289 e. The third-order valence-electron chi connectivity index (χ3n) is 2.50. The van der Waals surface area contributed by atoms with E-state index >= 15 is 0 Å². The van der Waals surface area contributed by atoms with E-state index in [9.17, 15) is 19.2 Å². The maximum atomic E-state index is 11.3. The molecule has 82 valence electrons. The molecule has 0 radical (unpaired) electrons. The van der Waals surface area contributed by atoms with Crippen LogP contribution in [0.2, 0.25) is 0 Å². The fraction of sp³-hybridized carbons (Fsp3) is 0.200. The summed E-state index contributed by atoms with van der Waals surface area (Å²) in [6.45, 7) is 1.59. The van der Waals surface area contributed by atoms with Crippen molar-refractivity contribution in [3.05, 3.63) is 23.3 Å². The van der Waals surface area contributed by atoms with Crippen molar-refractivity contribution in [2.75, 3.05) is 0 Å². The molecule has 16 heavy (non-hydrogen) atoms. The highest BCUT2D eigenvalue weighted by Crippen LogP contribution is 2.24. The quantitative estimate of drug-likeness (QED) is 0.571. The van der Waals surface area contributed by atoms with Gasteiger partial charge in [-0.05, 0) is 0 Å². The van der Waals surface area contributed by atoms with Crippen molar-refractivity contribution in [3.8, 4) is 0 Å². The minimum atomic E-state index is -0.571. The van der Waals surface area contributed by atoms with E-state index in [2.05, 4.69) is 10.6 Å². The highest BCUT2D eigenvalue weighted by molar-refractivity contribution is 6.20. The summed E-state index contributed by atoms with van der Waals surface area (Å²) < 4.78 is 0. The Hall–Kier alpha value is -2.24. The molecule has 2 aliphatic heterocycles. The molecule has 0 bridgehead atoms. The fourth-order valence-electron chi connectivity index (χ4n) is 1.66. The highest BCUT2D eigenvalue weighted by Gasteiger charge is 2.33. The average Bonchev–Trinajstić information content (AvgIpc) is 2.68. The lowest BCUT2D eigenvalue weighted by Crippen LogP contribution is -2.27. The Morgan fingerprint density at radius 1 is 0.875 bits per heavy atom. The first-order valence-electron chi connectivity index (χ1n) is 4.63. The predicted octanol–water partition coefficient (Wildman–Crippen LogP) is -1.21. The first-order valence-corrected chi connectivity index (χ1v) is 4.63. The SMILES string of the molecule is CC(C1=CC(=O)NC1=O)C1=CC(=O)NC1=O. The molecule has 0 spiro atoms. The van der Waals surface area contributed by atoms with Gasteiger partial charge < -0.3 is 0 Å². The molecule has 2 aliphatic rings. The maximum absolute atomic E-state index is 11.3. The van der Waals surface area contributed by atoms with Crippen LogP contribution in [-0.4, -0.2) is 23.6 Å². The Balaban J connectivity index is 2.30. The van der Waals surface area contributed by atoms with Crippen LogP contribution in [0.25, 0.3) is 0 Å². The van der Waals surface area contributed by atoms with E-state index in [0.717, 1.165) is 12.2 Å². The van der Waals surface area contributed by atoms with Gasteiger partial charge in [-0.1, -0.05) is 6.92 Å². The molecule has 0 aromatic rings. The van der Waals surface area contributed by atoms with Gasteiger partial charge in [0, 0.05) is 29.2 Å². The van der Waals surface area contributed by atoms with Gasteiger partial charge in [-0.2, -0.15) is 0 Å². The Morgan fingerprint density at radius 2 is 1.25 bits per heavy atom. The first kappa shape index (κ1) is 10.3. The van der Waals surface area contributed by atoms with E-state index in [1.54, 1.807) is 6.92 Å². The van der Waals surface area contributed by atoms with Crippen molar-refractivity contribution in [2.45, 2.75) is 6.92 Å². The Morgan fingerprint density at radius 3 is 1.50 bits per heavy atom. The summed E-state index contributed by atoms with van der Waals surface area (Å²) in [7, 11) is 0. The molecule has 0 saturated carbocycles. The topological polar surface area (TPSA) is 92.3 Å². The van der Waals surface area contributed by atoms with E-state index in [4.69, 9.17) is 0 Å². The summed E-state index contributed by atoms with van der Waals surface area (Å²) in [5.74, 6) is -2.62. The maximum Gasteiger partial charge on any atom is 0.254 e. The monoisotopic (exact) mass is 220 g/mol. The van der Waals surface area contributed by atoms with Crippen molar-refractivity contribution < 1.29 is 19.2 Å². The molecule has 0 atom stereocenters. The fourth-order valence-corrected chi connectivity index (χ4v) is 1.66. The number of hydrogen-bond donors (Lipinski definition) is 2. The summed E-state index contributed by atoms with van der Waals surface area (Å²) in [4.78, 5) is 44.5. The van der Waals surface area contributed by atoms with Crippen LogP contribution < -0.4 is 10.6 Å². The number of amides is 4. The van der Waals surface area contributed by atoms with Gasteiger partial charge in [-0.3, -0.25) is 29.8 Å². The minimum Gasteiger partial charge on any atom is -0.289 e. The third kappa shape index (κ3) is 1.54. The zero-order valence-electron chi connectivity index (χ0n) is 8.37. The average molecular weight is 220 g/mol. The number of rotatable bonds is 2. The van der Waals surface area contributed by atoms with Gasteiger partial charge in [0.2, 0.25) is 0 Å². The zero-order valence-corrected chi connectivity index (χ0v) is 8.37. The van der Waals surface area contributed by atoms with Crippen LogP contribution >= 0.6 is 0 Å². The standard InChI is InChI=1S/C10H8N2O4/c1-4(5-2-7(13)11-9(5)15)6-3-8(14)12-10(6)16/h2-4H,1H3,(H,11,13,15)(H,12,14,16). The summed E-state index contributed by atoms with van der Waals surface area (Å²) in [5, 5.41) is 4.17. The van der Waals surface area contributed by atoms with Gasteiger partial charge in [0.15, 0.2) is 0 Å². The smallest absolute Gasteiger partial charge is 0.254 e. The van der Waals surface area contributed by atoms with Crippen LogP contribution in [0.4, 0.5) is 0 Å². The molecule has 2 rings (SSSR count). The Labute approximate surface area is 90.4 Å². The molecule has 0 aromatic carbocycles. The summed E-state index contributed by atoms with van der Waals surface area (Å²) in [5.41, 5.74) is 0.391. The Kier molecular flexibility index (Phi) is 2.19. The molecule has 4 amide bonds. The number of imide groups is 2. The molecule has 6 nitrogen and oxygen atoms in total. The first-order chi connectivity index (χ1) is 7.49. The molecule has 0 unspecified atom stereocenters. The van der Waals surface area contributed by atoms with E-state index in [1.807, 2.05) is 0 Å². The predicted molar refractivity (Wildman–Crippen MR) is 51.6 cm³/mol. The second-order valence-electron chi connectivity index (χ2n) is 3.56. The van der Waals surface area contributed by atoms with E-state index in [0.29, 0.717) is 0 Å². The molecule has 2 N–H and O–H groups in total. The number of nitrogens with one attached hydrogen (secondary N) is 2. The number of carbonyl (C=O) groups is 4. The van der Waals surface area contributed by atoms with E-state index in [1.165, 1.54) is 0 Å². The van der Waals surface area contributed by atoms with Crippen molar-refractivity contribution in [3.63, 3.8) is 0 Å². The van der Waals surface area contributed by atoms with Crippen molar-refractivity contribution in [1.82, 2.24) is 10.6 Å². The van der Waals surface area contributed by atoms with E-state index in [-0.39, 0.29) is 11.1 Å². The molecule has 0 aliphatic carbocycles. The van der Waals surface area contributed by atoms with Crippen LogP contribution in [-0.2, 0) is 19.2 Å². The molecular weight excluding hydrogens is 212 g/mol. The number of hydrogen-bond acceptors (Lipinski definition) is 4. The molecule has 0 saturated heterocycles. The molecular formula is C10H8N2O4. The lowest BCUT2D eigenvalue weighted by Gasteiger charge is -2.09. The summed E-state index contributed by atoms with van der Waals surface area (Å²) >= 11 is 0. The van der Waals surface area contributed by atoms with Gasteiger partial charge >= 0.3 is 0 Å². The van der Waals surface area contributed by atoms with Crippen LogP contribution in [0.5, 0.6) is 0 Å². The lowest BCUT2D eigenvalue weighted by molar-refractivity contribution is -0.125. The minimum absolute atomic E-state index is 0.195. The molecule has 0 fully saturated rings. The summed E-state index contributed by atoms with van der Waals surface area (Å²) in [6, 6.07) is 0. The van der Waals surface area contributed by atoms with E-state index < -0.39 is 29.5 Å². The van der Waals surface area contributed by atoms with Gasteiger partial charge in [-0.25, -0.2) is 0 Å². The normalized spacial score (nSPS) is 19.9. The zero-order chi connectivity index (χ0) is 11.9. The number of carbonyl (C=O) groups excluding carboxylic acids is 4. The van der Waals surface area contributed by atoms with Crippen molar-refractivity contribution in [1.29, 1.82) is 0 Å². The van der Waals surface area contributed by atoms with Crippen molar-refractivity contribution >= 4 is 23.6 Å². The highest BCUT2D eigenvalue weighted by atomic mass is 16.2. The van der Waals surface area contributed by atoms with Crippen molar-refractivity contribution in [2.24, 2.45) is 5.92 Å². The van der Waals surface area contributed by atoms with Gasteiger partial charge in [0.05, 0.1) is 0 Å². The van der Waals surface area contributed by atoms with Gasteiger partial charge in [-0.15, -0.1) is 0 Å². The molecule has 2 heterocycles. The Bertz CT molecular complexity index is 443.